The highest BCUT2D eigenvalue weighted by Gasteiger charge is 2.07. The zero-order chi connectivity index (χ0) is 32.4. The predicted octanol–water partition coefficient (Wildman–Crippen LogP) is 8.28. The van der Waals surface area contributed by atoms with Crippen LogP contribution in [0, 0.1) is 0 Å². The number of hydrogen-bond donors (Lipinski definition) is 0. The fraction of sp³-hybridized carbons (Fsp3) is 0.316. The second-order valence-electron chi connectivity index (χ2n) is 10.2. The van der Waals surface area contributed by atoms with E-state index in [0.717, 1.165) is 69.8 Å². The lowest BCUT2D eigenvalue weighted by atomic mass is 10.1. The first kappa shape index (κ1) is 35.0. The summed E-state index contributed by atoms with van der Waals surface area (Å²) < 4.78 is 27.3. The molecule has 8 heteroatoms. The van der Waals surface area contributed by atoms with Crippen LogP contribution in [-0.2, 0) is 13.1 Å². The van der Waals surface area contributed by atoms with E-state index >= 15 is 0 Å². The van der Waals surface area contributed by atoms with Gasteiger partial charge in [0.15, 0.2) is 60.9 Å². The summed E-state index contributed by atoms with van der Waals surface area (Å²) in [4.78, 5) is 0. The third-order valence-electron chi connectivity index (χ3n) is 6.85. The lowest BCUT2D eigenvalue weighted by Crippen LogP contribution is -2.34. The number of ether oxygens (including phenoxy) is 4. The van der Waals surface area contributed by atoms with Gasteiger partial charge in [0.1, 0.15) is 0 Å². The SMILES string of the molecule is CCOc1ccc(C=Cc2cc[n+](CCSSCC[n+]3ccc(/C=C/c4ccc(OCC)c(OCC)c4)cc3)cc2)cc1OCC. The molecule has 0 atom stereocenters. The van der Waals surface area contributed by atoms with E-state index in [-0.39, 0.29) is 0 Å². The number of aromatic nitrogens is 2. The molecule has 2 aromatic heterocycles. The molecule has 0 N–H and O–H groups in total. The summed E-state index contributed by atoms with van der Waals surface area (Å²) in [5.74, 6) is 5.25. The van der Waals surface area contributed by atoms with Crippen LogP contribution in [-0.4, -0.2) is 37.9 Å². The van der Waals surface area contributed by atoms with Crippen molar-refractivity contribution in [1.29, 1.82) is 0 Å². The van der Waals surface area contributed by atoms with Gasteiger partial charge in [0, 0.05) is 24.3 Å². The van der Waals surface area contributed by atoms with Crippen molar-refractivity contribution >= 4 is 45.9 Å². The van der Waals surface area contributed by atoms with Crippen LogP contribution in [0.5, 0.6) is 23.0 Å². The summed E-state index contributed by atoms with van der Waals surface area (Å²) >= 11 is 0. The molecular formula is C38H46N2O4S2+2. The highest BCUT2D eigenvalue weighted by Crippen LogP contribution is 2.30. The van der Waals surface area contributed by atoms with Gasteiger partial charge in [0.05, 0.1) is 37.9 Å². The van der Waals surface area contributed by atoms with Crippen LogP contribution >= 0.6 is 21.6 Å². The molecule has 6 nitrogen and oxygen atoms in total. The van der Waals surface area contributed by atoms with Gasteiger partial charge < -0.3 is 18.9 Å². The van der Waals surface area contributed by atoms with E-state index in [1.54, 1.807) is 0 Å². The number of hydrogen-bond acceptors (Lipinski definition) is 6. The Labute approximate surface area is 282 Å². The Hall–Kier alpha value is -3.88. The molecule has 0 saturated heterocycles. The van der Waals surface area contributed by atoms with Crippen molar-refractivity contribution in [1.82, 2.24) is 0 Å². The highest BCUT2D eigenvalue weighted by atomic mass is 33.1. The Morgan fingerprint density at radius 3 is 1.17 bits per heavy atom. The third-order valence-corrected chi connectivity index (χ3v) is 9.22. The quantitative estimate of drug-likeness (QED) is 0.0574. The topological polar surface area (TPSA) is 44.7 Å². The summed E-state index contributed by atoms with van der Waals surface area (Å²) in [6, 6.07) is 20.7. The zero-order valence-electron chi connectivity index (χ0n) is 27.4. The first-order valence-electron chi connectivity index (χ1n) is 16.0. The van der Waals surface area contributed by atoms with Crippen molar-refractivity contribution in [3.8, 4) is 23.0 Å². The van der Waals surface area contributed by atoms with Gasteiger partial charge in [-0.15, -0.1) is 0 Å². The standard InChI is InChI=1S/C38H46N2O4S2/c1-5-41-35-15-13-33(29-37(35)43-7-3)11-9-31-17-21-39(22-18-31)25-27-45-46-28-26-40-23-19-32(20-24-40)10-12-34-14-16-36(42-6-2)38(30-34)44-8-4/h9-24,29-30H,5-8,25-28H2,1-4H3/q+2/b11-9+,12-10?. The van der Waals surface area contributed by atoms with Gasteiger partial charge in [-0.05, 0) is 74.2 Å². The smallest absolute Gasteiger partial charge is 0.169 e. The van der Waals surface area contributed by atoms with Gasteiger partial charge in [-0.25, -0.2) is 9.13 Å². The van der Waals surface area contributed by atoms with Crippen LogP contribution in [0.4, 0.5) is 0 Å². The average molecular weight is 659 g/mol. The van der Waals surface area contributed by atoms with Gasteiger partial charge in [-0.3, -0.25) is 0 Å². The number of rotatable bonds is 19. The van der Waals surface area contributed by atoms with E-state index in [9.17, 15) is 0 Å². The second-order valence-corrected chi connectivity index (χ2v) is 12.9. The number of aryl methyl sites for hydroxylation is 2. The van der Waals surface area contributed by atoms with E-state index in [2.05, 4.69) is 94.6 Å². The molecule has 0 unspecified atom stereocenters. The molecule has 0 amide bonds. The second kappa shape index (κ2) is 19.6. The van der Waals surface area contributed by atoms with Gasteiger partial charge >= 0.3 is 0 Å². The Balaban J connectivity index is 1.15. The van der Waals surface area contributed by atoms with Gasteiger partial charge in [-0.1, -0.05) is 58.0 Å². The van der Waals surface area contributed by atoms with E-state index in [1.165, 1.54) is 0 Å². The number of nitrogens with zero attached hydrogens (tertiary/aromatic N) is 2. The predicted molar refractivity (Wildman–Crippen MR) is 194 cm³/mol. The Kier molecular flexibility index (Phi) is 14.9. The van der Waals surface area contributed by atoms with Crippen LogP contribution in [0.3, 0.4) is 0 Å². The lowest BCUT2D eigenvalue weighted by molar-refractivity contribution is -0.692. The van der Waals surface area contributed by atoms with Crippen LogP contribution in [0.2, 0.25) is 0 Å². The Morgan fingerprint density at radius 2 is 0.804 bits per heavy atom. The van der Waals surface area contributed by atoms with Gasteiger partial charge in [0.2, 0.25) is 0 Å². The van der Waals surface area contributed by atoms with Gasteiger partial charge in [0.25, 0.3) is 0 Å². The van der Waals surface area contributed by atoms with Crippen molar-refractivity contribution < 1.29 is 28.1 Å². The van der Waals surface area contributed by atoms with Crippen LogP contribution < -0.4 is 28.1 Å². The Bertz CT molecular complexity index is 1420. The molecule has 2 aromatic carbocycles. The van der Waals surface area contributed by atoms with Crippen molar-refractivity contribution in [2.24, 2.45) is 0 Å². The van der Waals surface area contributed by atoms with E-state index < -0.39 is 0 Å². The van der Waals surface area contributed by atoms with E-state index in [4.69, 9.17) is 18.9 Å². The summed E-state index contributed by atoms with van der Waals surface area (Å²) in [6.07, 6.45) is 17.1. The average Bonchev–Trinajstić information content (AvgIpc) is 3.08. The molecule has 0 aliphatic carbocycles. The molecule has 0 aliphatic rings. The molecule has 0 bridgehead atoms. The molecule has 4 aromatic rings. The molecule has 0 spiro atoms. The molecule has 0 radical (unpaired) electrons. The van der Waals surface area contributed by atoms with Crippen LogP contribution in [0.25, 0.3) is 24.3 Å². The van der Waals surface area contributed by atoms with E-state index in [1.807, 2.05) is 73.5 Å². The minimum absolute atomic E-state index is 0.609. The van der Waals surface area contributed by atoms with Crippen molar-refractivity contribution in [3.05, 3.63) is 108 Å². The first-order valence-corrected chi connectivity index (χ1v) is 18.5. The summed E-state index contributed by atoms with van der Waals surface area (Å²) in [6.45, 7) is 12.3. The molecule has 0 fully saturated rings. The van der Waals surface area contributed by atoms with Crippen molar-refractivity contribution in [2.75, 3.05) is 37.9 Å². The molecular weight excluding hydrogens is 613 g/mol. The highest BCUT2D eigenvalue weighted by molar-refractivity contribution is 8.76. The monoisotopic (exact) mass is 658 g/mol. The molecule has 0 aliphatic heterocycles. The fourth-order valence-corrected chi connectivity index (χ4v) is 6.55. The third kappa shape index (κ3) is 11.5. The molecule has 0 saturated carbocycles. The van der Waals surface area contributed by atoms with Gasteiger partial charge in [-0.2, -0.15) is 0 Å². The maximum atomic E-state index is 5.75. The van der Waals surface area contributed by atoms with E-state index in [0.29, 0.717) is 26.4 Å². The van der Waals surface area contributed by atoms with Crippen molar-refractivity contribution in [2.45, 2.75) is 40.8 Å². The zero-order valence-corrected chi connectivity index (χ0v) is 29.0. The maximum Gasteiger partial charge on any atom is 0.169 e. The lowest BCUT2D eigenvalue weighted by Gasteiger charge is -2.11. The van der Waals surface area contributed by atoms with Crippen molar-refractivity contribution in [3.63, 3.8) is 0 Å². The first-order chi connectivity index (χ1) is 22.6. The number of benzene rings is 2. The molecule has 2 heterocycles. The summed E-state index contributed by atoms with van der Waals surface area (Å²) in [5, 5.41) is 0. The summed E-state index contributed by atoms with van der Waals surface area (Å²) in [7, 11) is 3.84. The minimum atomic E-state index is 0.609. The summed E-state index contributed by atoms with van der Waals surface area (Å²) in [5.41, 5.74) is 4.49. The largest absolute Gasteiger partial charge is 0.490 e. The Morgan fingerprint density at radius 1 is 0.457 bits per heavy atom. The maximum absolute atomic E-state index is 5.75. The fourth-order valence-electron chi connectivity index (χ4n) is 4.59. The number of pyridine rings is 2. The molecule has 242 valence electrons. The van der Waals surface area contributed by atoms with Crippen LogP contribution in [0.15, 0.2) is 85.5 Å². The normalized spacial score (nSPS) is 11.3. The van der Waals surface area contributed by atoms with Crippen LogP contribution in [0.1, 0.15) is 49.9 Å². The molecule has 46 heavy (non-hydrogen) atoms. The molecule has 4 rings (SSSR count). The minimum Gasteiger partial charge on any atom is -0.490 e.